The number of hydrogen-bond acceptors (Lipinski definition) is 3. The van der Waals surface area contributed by atoms with Gasteiger partial charge >= 0.3 is 0 Å². The minimum absolute atomic E-state index is 0.189. The molecule has 1 aliphatic rings. The Bertz CT molecular complexity index is 744. The highest BCUT2D eigenvalue weighted by atomic mass is 32.2. The zero-order valence-electron chi connectivity index (χ0n) is 15.9. The number of para-hydroxylation sites is 1. The van der Waals surface area contributed by atoms with E-state index in [1.54, 1.807) is 0 Å². The van der Waals surface area contributed by atoms with Crippen molar-refractivity contribution in [3.8, 4) is 0 Å². The molecule has 26 heavy (non-hydrogen) atoms. The highest BCUT2D eigenvalue weighted by molar-refractivity contribution is 7.99. The van der Waals surface area contributed by atoms with Crippen LogP contribution in [0.3, 0.4) is 0 Å². The molecule has 0 aromatic heterocycles. The van der Waals surface area contributed by atoms with E-state index >= 15 is 0 Å². The molecule has 1 aliphatic heterocycles. The first-order chi connectivity index (χ1) is 12.6. The van der Waals surface area contributed by atoms with Crippen molar-refractivity contribution in [1.29, 1.82) is 0 Å². The summed E-state index contributed by atoms with van der Waals surface area (Å²) in [6, 6.07) is 17.4. The van der Waals surface area contributed by atoms with E-state index in [-0.39, 0.29) is 18.0 Å². The summed E-state index contributed by atoms with van der Waals surface area (Å²) in [6.07, 6.45) is 2.64. The minimum Gasteiger partial charge on any atom is -0.378 e. The largest absolute Gasteiger partial charge is 0.378 e. The molecular weight excluding hydrogens is 340 g/mol. The lowest BCUT2D eigenvalue weighted by atomic mass is 9.91. The lowest BCUT2D eigenvalue weighted by molar-refractivity contribution is -0.118. The van der Waals surface area contributed by atoms with E-state index in [0.717, 1.165) is 23.5 Å². The quantitative estimate of drug-likeness (QED) is 0.647. The molecule has 0 aliphatic carbocycles. The SMILES string of the molecule is CCCSc1ccc(N[C@@H]2C[C@H](C)N(C(=O)CC)c3ccccc32)cc1. The van der Waals surface area contributed by atoms with E-state index in [4.69, 9.17) is 0 Å². The summed E-state index contributed by atoms with van der Waals surface area (Å²) in [4.78, 5) is 15.7. The molecule has 0 spiro atoms. The van der Waals surface area contributed by atoms with Crippen molar-refractivity contribution in [2.45, 2.75) is 57.0 Å². The van der Waals surface area contributed by atoms with Crippen molar-refractivity contribution in [1.82, 2.24) is 0 Å². The van der Waals surface area contributed by atoms with Crippen molar-refractivity contribution in [3.05, 3.63) is 54.1 Å². The monoisotopic (exact) mass is 368 g/mol. The van der Waals surface area contributed by atoms with Crippen LogP contribution in [0.1, 0.15) is 51.6 Å². The van der Waals surface area contributed by atoms with Crippen LogP contribution < -0.4 is 10.2 Å². The summed E-state index contributed by atoms with van der Waals surface area (Å²) >= 11 is 1.90. The molecule has 1 heterocycles. The van der Waals surface area contributed by atoms with Crippen molar-refractivity contribution >= 4 is 29.0 Å². The maximum Gasteiger partial charge on any atom is 0.226 e. The number of anilines is 2. The molecule has 2 atom stereocenters. The smallest absolute Gasteiger partial charge is 0.226 e. The standard InChI is InChI=1S/C22H28N2OS/c1-4-14-26-18-12-10-17(11-13-18)23-20-15-16(3)24(22(25)5-2)21-9-7-6-8-19(20)21/h6-13,16,20,23H,4-5,14-15H2,1-3H3/t16-,20+/m0/s1. The third-order valence-electron chi connectivity index (χ3n) is 4.83. The fourth-order valence-electron chi connectivity index (χ4n) is 3.57. The van der Waals surface area contributed by atoms with Crippen LogP contribution in [0.2, 0.25) is 0 Å². The Kier molecular flexibility index (Phi) is 6.25. The second-order valence-corrected chi connectivity index (χ2v) is 8.00. The number of carbonyl (C=O) groups excluding carboxylic acids is 1. The Labute approximate surface area is 161 Å². The van der Waals surface area contributed by atoms with Crippen LogP contribution in [-0.4, -0.2) is 17.7 Å². The van der Waals surface area contributed by atoms with Gasteiger partial charge < -0.3 is 10.2 Å². The molecule has 1 N–H and O–H groups in total. The van der Waals surface area contributed by atoms with E-state index in [1.165, 1.54) is 16.9 Å². The normalized spacial score (nSPS) is 19.1. The van der Waals surface area contributed by atoms with E-state index < -0.39 is 0 Å². The topological polar surface area (TPSA) is 32.3 Å². The summed E-state index contributed by atoms with van der Waals surface area (Å²) < 4.78 is 0. The molecule has 0 saturated carbocycles. The fraction of sp³-hybridized carbons (Fsp3) is 0.409. The third kappa shape index (κ3) is 4.07. The van der Waals surface area contributed by atoms with Crippen LogP contribution >= 0.6 is 11.8 Å². The van der Waals surface area contributed by atoms with Crippen molar-refractivity contribution in [2.75, 3.05) is 16.0 Å². The summed E-state index contributed by atoms with van der Waals surface area (Å²) in [5.74, 6) is 1.35. The predicted molar refractivity (Wildman–Crippen MR) is 112 cm³/mol. The maximum absolute atomic E-state index is 12.4. The van der Waals surface area contributed by atoms with Gasteiger partial charge in [-0.3, -0.25) is 4.79 Å². The molecule has 138 valence electrons. The number of benzene rings is 2. The van der Waals surface area contributed by atoms with E-state index in [9.17, 15) is 4.79 Å². The number of nitrogens with one attached hydrogen (secondary N) is 1. The molecule has 0 unspecified atom stereocenters. The molecule has 3 nitrogen and oxygen atoms in total. The van der Waals surface area contributed by atoms with E-state index in [1.807, 2.05) is 29.7 Å². The van der Waals surface area contributed by atoms with E-state index in [2.05, 4.69) is 61.6 Å². The van der Waals surface area contributed by atoms with Gasteiger partial charge in [0.1, 0.15) is 0 Å². The van der Waals surface area contributed by atoms with Gasteiger partial charge in [-0.2, -0.15) is 0 Å². The fourth-order valence-corrected chi connectivity index (χ4v) is 4.34. The highest BCUT2D eigenvalue weighted by Crippen LogP contribution is 2.39. The number of fused-ring (bicyclic) bond motifs is 1. The average Bonchev–Trinajstić information content (AvgIpc) is 2.67. The molecule has 0 radical (unpaired) electrons. The molecule has 4 heteroatoms. The Balaban J connectivity index is 1.81. The lowest BCUT2D eigenvalue weighted by Crippen LogP contribution is -2.44. The van der Waals surface area contributed by atoms with Crippen LogP contribution in [0.4, 0.5) is 11.4 Å². The Morgan fingerprint density at radius 1 is 1.15 bits per heavy atom. The number of amides is 1. The second-order valence-electron chi connectivity index (χ2n) is 6.83. The Morgan fingerprint density at radius 3 is 2.58 bits per heavy atom. The number of nitrogens with zero attached hydrogens (tertiary/aromatic N) is 1. The van der Waals surface area contributed by atoms with E-state index in [0.29, 0.717) is 6.42 Å². The van der Waals surface area contributed by atoms with Crippen LogP contribution in [-0.2, 0) is 4.79 Å². The van der Waals surface area contributed by atoms with Crippen molar-refractivity contribution in [2.24, 2.45) is 0 Å². The molecule has 0 bridgehead atoms. The van der Waals surface area contributed by atoms with Crippen LogP contribution in [0.5, 0.6) is 0 Å². The number of thioether (sulfide) groups is 1. The van der Waals surface area contributed by atoms with Gasteiger partial charge in [-0.05, 0) is 61.4 Å². The van der Waals surface area contributed by atoms with Gasteiger partial charge in [0.2, 0.25) is 5.91 Å². The van der Waals surface area contributed by atoms with Gasteiger partial charge in [0.05, 0.1) is 6.04 Å². The van der Waals surface area contributed by atoms with Gasteiger partial charge in [0, 0.05) is 28.7 Å². The number of hydrogen-bond donors (Lipinski definition) is 1. The zero-order valence-corrected chi connectivity index (χ0v) is 16.7. The van der Waals surface area contributed by atoms with Crippen LogP contribution in [0.25, 0.3) is 0 Å². The maximum atomic E-state index is 12.4. The first kappa shape index (κ1) is 18.8. The van der Waals surface area contributed by atoms with Gasteiger partial charge in [-0.15, -0.1) is 11.8 Å². The molecule has 2 aromatic carbocycles. The molecule has 0 saturated heterocycles. The van der Waals surface area contributed by atoms with Crippen LogP contribution in [0, 0.1) is 0 Å². The highest BCUT2D eigenvalue weighted by Gasteiger charge is 2.32. The van der Waals surface area contributed by atoms with Gasteiger partial charge in [0.15, 0.2) is 0 Å². The molecule has 1 amide bonds. The molecule has 3 rings (SSSR count). The number of carbonyl (C=O) groups is 1. The summed E-state index contributed by atoms with van der Waals surface area (Å²) in [5.41, 5.74) is 3.38. The van der Waals surface area contributed by atoms with Crippen molar-refractivity contribution < 1.29 is 4.79 Å². The summed E-state index contributed by atoms with van der Waals surface area (Å²) in [6.45, 7) is 6.28. The lowest BCUT2D eigenvalue weighted by Gasteiger charge is -2.40. The van der Waals surface area contributed by atoms with Crippen LogP contribution in [0.15, 0.2) is 53.4 Å². The summed E-state index contributed by atoms with van der Waals surface area (Å²) in [7, 11) is 0. The molecule has 2 aromatic rings. The Morgan fingerprint density at radius 2 is 1.88 bits per heavy atom. The second kappa shape index (κ2) is 8.63. The van der Waals surface area contributed by atoms with Gasteiger partial charge in [-0.1, -0.05) is 32.0 Å². The third-order valence-corrected chi connectivity index (χ3v) is 6.05. The van der Waals surface area contributed by atoms with Gasteiger partial charge in [0.25, 0.3) is 0 Å². The van der Waals surface area contributed by atoms with Gasteiger partial charge in [-0.25, -0.2) is 0 Å². The minimum atomic E-state index is 0.189. The molecule has 0 fully saturated rings. The average molecular weight is 369 g/mol. The zero-order chi connectivity index (χ0) is 18.5. The number of rotatable bonds is 6. The summed E-state index contributed by atoms with van der Waals surface area (Å²) in [5, 5.41) is 3.68. The first-order valence-electron chi connectivity index (χ1n) is 9.54. The molecular formula is C22H28N2OS. The Hall–Kier alpha value is -1.94. The van der Waals surface area contributed by atoms with Crippen molar-refractivity contribution in [3.63, 3.8) is 0 Å². The predicted octanol–water partition coefficient (Wildman–Crippen LogP) is 5.88. The first-order valence-corrected chi connectivity index (χ1v) is 10.5.